The molecule has 5 rings (SSSR count). The van der Waals surface area contributed by atoms with Crippen molar-refractivity contribution in [3.05, 3.63) is 51.6 Å². The van der Waals surface area contributed by atoms with Gasteiger partial charge in [-0.15, -0.1) is 0 Å². The van der Waals surface area contributed by atoms with E-state index < -0.39 is 101 Å². The first kappa shape index (κ1) is 35.1. The molecule has 14 nitrogen and oxygen atoms in total. The van der Waals surface area contributed by atoms with Crippen LogP contribution in [-0.4, -0.2) is 109 Å². The fourth-order valence-corrected chi connectivity index (χ4v) is 6.68. The smallest absolute Gasteiger partial charge is 0.202 e. The minimum absolute atomic E-state index is 0.0429. The normalized spacial score (nSPS) is 29.8. The molecule has 0 radical (unpaired) electrons. The first-order valence-corrected chi connectivity index (χ1v) is 15.7. The van der Waals surface area contributed by atoms with E-state index in [2.05, 4.69) is 0 Å². The third-order valence-corrected chi connectivity index (χ3v) is 9.19. The van der Waals surface area contributed by atoms with Gasteiger partial charge in [-0.3, -0.25) is 9.59 Å². The molecule has 2 aromatic rings. The Hall–Kier alpha value is -3.18. The Labute approximate surface area is 271 Å². The van der Waals surface area contributed by atoms with Crippen LogP contribution in [0.15, 0.2) is 18.2 Å². The van der Waals surface area contributed by atoms with Crippen molar-refractivity contribution < 1.29 is 64.3 Å². The zero-order valence-corrected chi connectivity index (χ0v) is 26.6. The van der Waals surface area contributed by atoms with E-state index in [1.165, 1.54) is 25.1 Å². The van der Waals surface area contributed by atoms with Crippen LogP contribution in [0.2, 0.25) is 0 Å². The summed E-state index contributed by atoms with van der Waals surface area (Å²) in [5.74, 6) is -3.48. The van der Waals surface area contributed by atoms with Gasteiger partial charge in [-0.1, -0.05) is 12.1 Å². The average Bonchev–Trinajstić information content (AvgIpc) is 2.98. The second-order valence-corrected chi connectivity index (χ2v) is 12.9. The molecule has 1 saturated heterocycles. The molecule has 14 heteroatoms. The second kappa shape index (κ2) is 13.4. The molecular weight excluding hydrogens is 618 g/mol. The van der Waals surface area contributed by atoms with Crippen molar-refractivity contribution in [1.82, 2.24) is 0 Å². The quantitative estimate of drug-likeness (QED) is 0.112. The third-order valence-electron chi connectivity index (χ3n) is 9.19. The van der Waals surface area contributed by atoms with Crippen LogP contribution in [0.25, 0.3) is 0 Å². The lowest BCUT2D eigenvalue weighted by Crippen LogP contribution is -2.55. The molecule has 2 aromatic carbocycles. The maximum absolute atomic E-state index is 13.6. The van der Waals surface area contributed by atoms with E-state index in [0.29, 0.717) is 0 Å². The molecule has 1 aliphatic heterocycles. The first-order chi connectivity index (χ1) is 22.1. The van der Waals surface area contributed by atoms with Gasteiger partial charge in [0.1, 0.15) is 23.4 Å². The number of aliphatic hydroxyl groups excluding tert-OH is 3. The van der Waals surface area contributed by atoms with E-state index in [9.17, 15) is 45.3 Å². The summed E-state index contributed by atoms with van der Waals surface area (Å²) in [5.41, 5.74) is 3.00. The van der Waals surface area contributed by atoms with Crippen LogP contribution in [0.3, 0.4) is 0 Å². The van der Waals surface area contributed by atoms with Gasteiger partial charge < -0.3 is 60.4 Å². The number of ether oxygens (including phenoxy) is 4. The van der Waals surface area contributed by atoms with Crippen molar-refractivity contribution >= 4 is 11.6 Å². The van der Waals surface area contributed by atoms with Gasteiger partial charge in [-0.05, 0) is 33.8 Å². The predicted molar refractivity (Wildman–Crippen MR) is 163 cm³/mol. The third kappa shape index (κ3) is 6.49. The van der Waals surface area contributed by atoms with E-state index in [1.54, 1.807) is 20.8 Å². The summed E-state index contributed by atoms with van der Waals surface area (Å²) in [5, 5.41) is 74.9. The SMILES string of the molecule is CC(O)CC(OC(C)CO)OC1C(N)CC(O[C@H]2C[C@](O)(C(C)O)Cc3c(O)c4c(c(O)c32)C(=O)c2c(O)cccc2C4=O)OC1C. The van der Waals surface area contributed by atoms with E-state index >= 15 is 0 Å². The Morgan fingerprint density at radius 1 is 1.04 bits per heavy atom. The fraction of sp³-hybridized carbons (Fsp3) is 0.576. The Bertz CT molecular complexity index is 1510. The highest BCUT2D eigenvalue weighted by Gasteiger charge is 2.49. The van der Waals surface area contributed by atoms with Crippen LogP contribution in [0.1, 0.15) is 96.0 Å². The zero-order chi connectivity index (χ0) is 34.5. The highest BCUT2D eigenvalue weighted by Crippen LogP contribution is 2.53. The average molecular weight is 662 g/mol. The summed E-state index contributed by atoms with van der Waals surface area (Å²) in [7, 11) is 0. The summed E-state index contributed by atoms with van der Waals surface area (Å²) in [6.45, 7) is 5.99. The summed E-state index contributed by atoms with van der Waals surface area (Å²) >= 11 is 0. The van der Waals surface area contributed by atoms with Crippen LogP contribution in [0, 0.1) is 0 Å². The number of hydrogen-bond acceptors (Lipinski definition) is 14. The van der Waals surface area contributed by atoms with Crippen LogP contribution in [0.4, 0.5) is 0 Å². The summed E-state index contributed by atoms with van der Waals surface area (Å²) in [6, 6.07) is 3.22. The maximum Gasteiger partial charge on any atom is 0.202 e. The van der Waals surface area contributed by atoms with Gasteiger partial charge in [0.2, 0.25) is 5.78 Å². The zero-order valence-electron chi connectivity index (χ0n) is 26.6. The van der Waals surface area contributed by atoms with E-state index in [0.717, 1.165) is 0 Å². The Morgan fingerprint density at radius 3 is 2.34 bits per heavy atom. The lowest BCUT2D eigenvalue weighted by molar-refractivity contribution is -0.286. The lowest BCUT2D eigenvalue weighted by atomic mass is 9.71. The highest BCUT2D eigenvalue weighted by molar-refractivity contribution is 6.31. The first-order valence-electron chi connectivity index (χ1n) is 15.7. The number of fused-ring (bicyclic) bond motifs is 3. The van der Waals surface area contributed by atoms with Crippen molar-refractivity contribution in [3.8, 4) is 17.2 Å². The van der Waals surface area contributed by atoms with Crippen molar-refractivity contribution in [2.45, 2.75) is 114 Å². The highest BCUT2D eigenvalue weighted by atomic mass is 16.7. The minimum Gasteiger partial charge on any atom is -0.507 e. The molecule has 0 spiro atoms. The number of aromatic hydroxyl groups is 3. The molecule has 0 saturated carbocycles. The van der Waals surface area contributed by atoms with E-state index in [1.807, 2.05) is 0 Å². The molecule has 47 heavy (non-hydrogen) atoms. The maximum atomic E-state index is 13.6. The topological polar surface area (TPSA) is 239 Å². The van der Waals surface area contributed by atoms with Crippen molar-refractivity contribution in [2.24, 2.45) is 5.73 Å². The molecule has 3 aliphatic rings. The van der Waals surface area contributed by atoms with Crippen LogP contribution in [-0.2, 0) is 25.4 Å². The molecule has 10 atom stereocenters. The number of carbonyl (C=O) groups excluding carboxylic acids is 2. The number of aliphatic hydroxyl groups is 4. The summed E-state index contributed by atoms with van der Waals surface area (Å²) < 4.78 is 24.2. The summed E-state index contributed by atoms with van der Waals surface area (Å²) in [4.78, 5) is 27.1. The second-order valence-electron chi connectivity index (χ2n) is 12.9. The molecule has 0 amide bonds. The number of phenolic OH excluding ortho intramolecular Hbond substituents is 3. The fourth-order valence-electron chi connectivity index (χ4n) is 6.68. The molecule has 1 heterocycles. The van der Waals surface area contributed by atoms with E-state index in [4.69, 9.17) is 24.7 Å². The van der Waals surface area contributed by atoms with Crippen molar-refractivity contribution in [1.29, 1.82) is 0 Å². The number of nitrogens with two attached hydrogens (primary N) is 1. The number of hydrogen-bond donors (Lipinski definition) is 8. The minimum atomic E-state index is -1.88. The predicted octanol–water partition coefficient (Wildman–Crippen LogP) is 1.04. The molecule has 1 fully saturated rings. The lowest BCUT2D eigenvalue weighted by Gasteiger charge is -2.44. The van der Waals surface area contributed by atoms with Gasteiger partial charge in [0.25, 0.3) is 0 Å². The van der Waals surface area contributed by atoms with Crippen LogP contribution >= 0.6 is 0 Å². The molecule has 0 bridgehead atoms. The van der Waals surface area contributed by atoms with Gasteiger partial charge in [0.15, 0.2) is 18.4 Å². The van der Waals surface area contributed by atoms with Gasteiger partial charge in [-0.25, -0.2) is 0 Å². The molecule has 258 valence electrons. The molecule has 0 aromatic heterocycles. The van der Waals surface area contributed by atoms with Gasteiger partial charge in [0, 0.05) is 48.4 Å². The van der Waals surface area contributed by atoms with E-state index in [-0.39, 0.29) is 54.5 Å². The number of rotatable bonds is 10. The monoisotopic (exact) mass is 661 g/mol. The van der Waals surface area contributed by atoms with Gasteiger partial charge in [0.05, 0.1) is 59.4 Å². The largest absolute Gasteiger partial charge is 0.507 e. The Balaban J connectivity index is 1.48. The number of benzene rings is 2. The number of carbonyl (C=O) groups is 2. The van der Waals surface area contributed by atoms with Crippen molar-refractivity contribution in [2.75, 3.05) is 6.61 Å². The van der Waals surface area contributed by atoms with Crippen LogP contribution in [0.5, 0.6) is 17.2 Å². The molecule has 8 unspecified atom stereocenters. The standard InChI is InChI=1S/C33H43NO13/c1-13(36)8-22(44-14(2)12-35)47-32-15(3)45-23(9-19(32)34)46-21-11-33(43,16(4)37)10-18-25(21)31(42)27-26(29(18)40)28(39)17-6-5-7-20(38)24(17)30(27)41/h5-7,13-16,19,21-23,32,35-38,40,42-43H,8-12,34H2,1-4H3/t13?,14?,15?,16?,19?,21-,22?,23?,32?,33-/m0/s1. The number of ketones is 2. The Kier molecular flexibility index (Phi) is 10.0. The number of phenols is 3. The van der Waals surface area contributed by atoms with Crippen molar-refractivity contribution in [3.63, 3.8) is 0 Å². The Morgan fingerprint density at radius 2 is 1.72 bits per heavy atom. The molecular formula is C33H43NO13. The van der Waals surface area contributed by atoms with Gasteiger partial charge in [-0.2, -0.15) is 0 Å². The molecule has 9 N–H and O–H groups in total. The summed E-state index contributed by atoms with van der Waals surface area (Å²) in [6.07, 6.45) is -7.85. The van der Waals surface area contributed by atoms with Gasteiger partial charge >= 0.3 is 0 Å². The van der Waals surface area contributed by atoms with Crippen LogP contribution < -0.4 is 5.73 Å². The molecule has 2 aliphatic carbocycles.